The highest BCUT2D eigenvalue weighted by molar-refractivity contribution is 5.92. The molecule has 1 saturated heterocycles. The molecule has 1 N–H and O–H groups in total. The molecule has 28 heavy (non-hydrogen) atoms. The first-order valence-electron chi connectivity index (χ1n) is 9.51. The van der Waals surface area contributed by atoms with Gasteiger partial charge >= 0.3 is 0 Å². The van der Waals surface area contributed by atoms with Crippen molar-refractivity contribution < 1.29 is 18.7 Å². The molecular weight excluding hydrogens is 361 g/mol. The van der Waals surface area contributed by atoms with Gasteiger partial charge in [0, 0.05) is 38.4 Å². The van der Waals surface area contributed by atoms with Gasteiger partial charge in [0.1, 0.15) is 23.0 Å². The maximum Gasteiger partial charge on any atom is 0.270 e. The van der Waals surface area contributed by atoms with Gasteiger partial charge in [0.15, 0.2) is 0 Å². The number of aromatic nitrogens is 1. The normalized spacial score (nSPS) is 17.5. The number of ether oxygens (including phenoxy) is 2. The minimum absolute atomic E-state index is 0.0323. The zero-order valence-electron chi connectivity index (χ0n) is 16.2. The smallest absolute Gasteiger partial charge is 0.270 e. The van der Waals surface area contributed by atoms with Crippen molar-refractivity contribution in [1.29, 1.82) is 0 Å². The van der Waals surface area contributed by atoms with Crippen LogP contribution in [0.3, 0.4) is 0 Å². The molecule has 0 radical (unpaired) electrons. The monoisotopic (exact) mass is 387 g/mol. The van der Waals surface area contributed by atoms with Crippen molar-refractivity contribution in [3.05, 3.63) is 54.1 Å². The fourth-order valence-corrected chi connectivity index (χ4v) is 3.12. The lowest BCUT2D eigenvalue weighted by Gasteiger charge is -2.33. The number of nitrogens with one attached hydrogen (secondary N) is 1. The van der Waals surface area contributed by atoms with Crippen LogP contribution in [0, 0.1) is 11.7 Å². The number of carbonyl (C=O) groups excluding carboxylic acids is 1. The molecule has 0 saturated carbocycles. The van der Waals surface area contributed by atoms with Crippen molar-refractivity contribution >= 4 is 5.91 Å². The van der Waals surface area contributed by atoms with Crippen LogP contribution >= 0.6 is 0 Å². The number of carbonyl (C=O) groups is 1. The summed E-state index contributed by atoms with van der Waals surface area (Å²) in [4.78, 5) is 18.9. The first-order chi connectivity index (χ1) is 13.5. The summed E-state index contributed by atoms with van der Waals surface area (Å²) in [7, 11) is 0. The van der Waals surface area contributed by atoms with E-state index in [1.807, 2.05) is 0 Å². The summed E-state index contributed by atoms with van der Waals surface area (Å²) in [6.45, 7) is 8.24. The van der Waals surface area contributed by atoms with Crippen LogP contribution in [0.15, 0.2) is 42.6 Å². The van der Waals surface area contributed by atoms with Gasteiger partial charge in [0.25, 0.3) is 5.91 Å². The summed E-state index contributed by atoms with van der Waals surface area (Å²) in [5.74, 6) is 0.929. The molecule has 1 amide bonds. The Morgan fingerprint density at radius 1 is 1.32 bits per heavy atom. The van der Waals surface area contributed by atoms with Gasteiger partial charge in [-0.15, -0.1) is 0 Å². The standard InChI is InChI=1S/C21H26FN3O3/c1-15(2)13-25-9-10-27-19(14-25)12-24-21(26)20-11-18(7-8-23-20)28-17-5-3-16(22)4-6-17/h3-8,11,15,19H,9-10,12-14H2,1-2H3,(H,24,26). The molecule has 3 rings (SSSR count). The summed E-state index contributed by atoms with van der Waals surface area (Å²) in [5, 5.41) is 2.88. The molecule has 1 atom stereocenters. The molecule has 2 aromatic rings. The maximum absolute atomic E-state index is 13.0. The van der Waals surface area contributed by atoms with Gasteiger partial charge in [-0.1, -0.05) is 13.8 Å². The minimum atomic E-state index is -0.334. The van der Waals surface area contributed by atoms with Crippen molar-refractivity contribution in [3.8, 4) is 11.5 Å². The van der Waals surface area contributed by atoms with Crippen LogP contribution < -0.4 is 10.1 Å². The molecule has 7 heteroatoms. The fourth-order valence-electron chi connectivity index (χ4n) is 3.12. The van der Waals surface area contributed by atoms with E-state index in [0.717, 1.165) is 19.6 Å². The SMILES string of the molecule is CC(C)CN1CCOC(CNC(=O)c2cc(Oc3ccc(F)cc3)ccn2)C1. The number of rotatable bonds is 7. The summed E-state index contributed by atoms with van der Waals surface area (Å²) < 4.78 is 24.4. The number of hydrogen-bond donors (Lipinski definition) is 1. The highest BCUT2D eigenvalue weighted by Gasteiger charge is 2.22. The van der Waals surface area contributed by atoms with E-state index in [1.165, 1.54) is 30.5 Å². The Balaban J connectivity index is 1.53. The maximum atomic E-state index is 13.0. The lowest BCUT2D eigenvalue weighted by atomic mass is 10.2. The molecule has 150 valence electrons. The summed E-state index contributed by atoms with van der Waals surface area (Å²) in [5.41, 5.74) is 0.259. The van der Waals surface area contributed by atoms with E-state index in [4.69, 9.17) is 9.47 Å². The number of amides is 1. The van der Waals surface area contributed by atoms with Crippen molar-refractivity contribution in [2.75, 3.05) is 32.8 Å². The second kappa shape index (κ2) is 9.61. The lowest BCUT2D eigenvalue weighted by Crippen LogP contribution is -2.48. The minimum Gasteiger partial charge on any atom is -0.457 e. The third kappa shape index (κ3) is 6.00. The first kappa shape index (κ1) is 20.2. The van der Waals surface area contributed by atoms with E-state index in [-0.39, 0.29) is 23.5 Å². The van der Waals surface area contributed by atoms with E-state index in [1.54, 1.807) is 12.1 Å². The van der Waals surface area contributed by atoms with Crippen LogP contribution in [0.2, 0.25) is 0 Å². The molecule has 1 aliphatic rings. The highest BCUT2D eigenvalue weighted by atomic mass is 19.1. The molecule has 6 nitrogen and oxygen atoms in total. The average molecular weight is 387 g/mol. The van der Waals surface area contributed by atoms with Crippen molar-refractivity contribution in [1.82, 2.24) is 15.2 Å². The zero-order chi connectivity index (χ0) is 19.9. The van der Waals surface area contributed by atoms with Crippen molar-refractivity contribution in [3.63, 3.8) is 0 Å². The predicted molar refractivity (Wildman–Crippen MR) is 104 cm³/mol. The zero-order valence-corrected chi connectivity index (χ0v) is 16.2. The third-order valence-corrected chi connectivity index (χ3v) is 4.35. The molecule has 1 aliphatic heterocycles. The second-order valence-corrected chi connectivity index (χ2v) is 7.29. The summed E-state index contributed by atoms with van der Waals surface area (Å²) in [6, 6.07) is 8.89. The van der Waals surface area contributed by atoms with E-state index in [9.17, 15) is 9.18 Å². The van der Waals surface area contributed by atoms with Gasteiger partial charge < -0.3 is 14.8 Å². The molecule has 1 aromatic carbocycles. The molecule has 0 aliphatic carbocycles. The van der Waals surface area contributed by atoms with Crippen LogP contribution in [-0.4, -0.2) is 54.7 Å². The molecule has 0 bridgehead atoms. The number of hydrogen-bond acceptors (Lipinski definition) is 5. The molecule has 1 fully saturated rings. The summed E-state index contributed by atoms with van der Waals surface area (Å²) >= 11 is 0. The Hall–Kier alpha value is -2.51. The number of benzene rings is 1. The van der Waals surface area contributed by atoms with Gasteiger partial charge in [-0.3, -0.25) is 14.7 Å². The van der Waals surface area contributed by atoms with Crippen LogP contribution in [0.4, 0.5) is 4.39 Å². The Morgan fingerprint density at radius 3 is 2.86 bits per heavy atom. The Bertz CT molecular complexity index is 783. The van der Waals surface area contributed by atoms with Crippen molar-refractivity contribution in [2.24, 2.45) is 5.92 Å². The quantitative estimate of drug-likeness (QED) is 0.791. The van der Waals surface area contributed by atoms with Crippen LogP contribution in [0.5, 0.6) is 11.5 Å². The Morgan fingerprint density at radius 2 is 2.11 bits per heavy atom. The topological polar surface area (TPSA) is 63.7 Å². The van der Waals surface area contributed by atoms with E-state index < -0.39 is 0 Å². The van der Waals surface area contributed by atoms with Crippen LogP contribution in [-0.2, 0) is 4.74 Å². The van der Waals surface area contributed by atoms with E-state index in [2.05, 4.69) is 29.0 Å². The van der Waals surface area contributed by atoms with E-state index >= 15 is 0 Å². The lowest BCUT2D eigenvalue weighted by molar-refractivity contribution is -0.0295. The van der Waals surface area contributed by atoms with Gasteiger partial charge in [0.05, 0.1) is 12.7 Å². The van der Waals surface area contributed by atoms with Gasteiger partial charge in [-0.05, 0) is 36.2 Å². The summed E-state index contributed by atoms with van der Waals surface area (Å²) in [6.07, 6.45) is 1.48. The average Bonchev–Trinajstić information content (AvgIpc) is 2.68. The molecule has 1 unspecified atom stereocenters. The van der Waals surface area contributed by atoms with Gasteiger partial charge in [-0.25, -0.2) is 4.39 Å². The highest BCUT2D eigenvalue weighted by Crippen LogP contribution is 2.21. The number of pyridine rings is 1. The third-order valence-electron chi connectivity index (χ3n) is 4.35. The number of nitrogens with zero attached hydrogens (tertiary/aromatic N) is 2. The first-order valence-corrected chi connectivity index (χ1v) is 9.51. The largest absolute Gasteiger partial charge is 0.457 e. The molecule has 0 spiro atoms. The van der Waals surface area contributed by atoms with E-state index in [0.29, 0.717) is 30.6 Å². The second-order valence-electron chi connectivity index (χ2n) is 7.29. The fraction of sp³-hybridized carbons (Fsp3) is 0.429. The Kier molecular flexibility index (Phi) is 6.95. The van der Waals surface area contributed by atoms with Crippen molar-refractivity contribution in [2.45, 2.75) is 20.0 Å². The predicted octanol–water partition coefficient (Wildman–Crippen LogP) is 3.10. The van der Waals surface area contributed by atoms with Gasteiger partial charge in [-0.2, -0.15) is 0 Å². The molecule has 1 aromatic heterocycles. The van der Waals surface area contributed by atoms with Crippen LogP contribution in [0.25, 0.3) is 0 Å². The Labute approximate surface area is 164 Å². The molecule has 2 heterocycles. The number of morpholine rings is 1. The number of halogens is 1. The molecular formula is C21H26FN3O3. The van der Waals surface area contributed by atoms with Crippen LogP contribution in [0.1, 0.15) is 24.3 Å². The van der Waals surface area contributed by atoms with Gasteiger partial charge in [0.2, 0.25) is 0 Å².